The van der Waals surface area contributed by atoms with Gasteiger partial charge in [0.25, 0.3) is 0 Å². The molecule has 134 valence electrons. The molecule has 1 fully saturated rings. The van der Waals surface area contributed by atoms with E-state index in [1.807, 2.05) is 13.8 Å². The van der Waals surface area contributed by atoms with E-state index in [0.717, 1.165) is 31.1 Å². The van der Waals surface area contributed by atoms with E-state index in [-0.39, 0.29) is 29.7 Å². The molecule has 2 amide bonds. The summed E-state index contributed by atoms with van der Waals surface area (Å²) in [5.41, 5.74) is 0.356. The first kappa shape index (κ1) is 17.2. The van der Waals surface area contributed by atoms with E-state index in [4.69, 9.17) is 0 Å². The average Bonchev–Trinajstić information content (AvgIpc) is 2.55. The highest BCUT2D eigenvalue weighted by Crippen LogP contribution is 2.21. The normalized spacial score (nSPS) is 20.4. The minimum atomic E-state index is -0.177. The molecule has 1 saturated carbocycles. The fraction of sp³-hybridized carbons (Fsp3) is 0.529. The highest BCUT2D eigenvalue weighted by atomic mass is 16.2. The quantitative estimate of drug-likeness (QED) is 0.675. The zero-order chi connectivity index (χ0) is 17.8. The third-order valence-corrected chi connectivity index (χ3v) is 4.29. The van der Waals surface area contributed by atoms with Gasteiger partial charge >= 0.3 is 6.03 Å². The molecular formula is C17H24N6O2. The molecule has 1 aliphatic rings. The second-order valence-electron chi connectivity index (χ2n) is 6.79. The Balaban J connectivity index is 1.53. The maximum absolute atomic E-state index is 11.8. The second kappa shape index (κ2) is 7.50. The minimum absolute atomic E-state index is 0.103. The van der Waals surface area contributed by atoms with Gasteiger partial charge < -0.3 is 20.9 Å². The van der Waals surface area contributed by atoms with Crippen LogP contribution in [-0.2, 0) is 0 Å². The number of hydrogen-bond donors (Lipinski definition) is 4. The van der Waals surface area contributed by atoms with Crippen LogP contribution in [0.2, 0.25) is 0 Å². The summed E-state index contributed by atoms with van der Waals surface area (Å²) in [6, 6.07) is 3.66. The van der Waals surface area contributed by atoms with E-state index in [9.17, 15) is 9.59 Å². The van der Waals surface area contributed by atoms with Crippen molar-refractivity contribution in [2.45, 2.75) is 57.7 Å². The van der Waals surface area contributed by atoms with Crippen LogP contribution < -0.4 is 21.5 Å². The molecule has 0 unspecified atom stereocenters. The number of H-pyrrole nitrogens is 1. The molecule has 2 aromatic rings. The molecule has 8 heteroatoms. The molecule has 0 spiro atoms. The standard InChI is InChI=1S/C17H24N6O2/c1-10(2)19-17(25)21-13-6-4-12(5-7-13)20-16-18-9-11-3-8-14(24)22-15(11)23-16/h3,8-10,12-13H,4-7H2,1-2H3,(H2,19,21,25)(H2,18,20,22,23,24)/t12-,13-. The van der Waals surface area contributed by atoms with Crippen molar-refractivity contribution in [1.82, 2.24) is 25.6 Å². The minimum Gasteiger partial charge on any atom is -0.351 e. The van der Waals surface area contributed by atoms with Crippen molar-refractivity contribution in [1.29, 1.82) is 0 Å². The summed E-state index contributed by atoms with van der Waals surface area (Å²) in [5, 5.41) is 9.99. The van der Waals surface area contributed by atoms with Gasteiger partial charge in [-0.1, -0.05) is 0 Å². The molecule has 0 atom stereocenters. The molecule has 1 aliphatic carbocycles. The maximum atomic E-state index is 11.8. The summed E-state index contributed by atoms with van der Waals surface area (Å²) in [4.78, 5) is 34.5. The number of hydrogen-bond acceptors (Lipinski definition) is 5. The highest BCUT2D eigenvalue weighted by Gasteiger charge is 2.23. The Labute approximate surface area is 145 Å². The smallest absolute Gasteiger partial charge is 0.315 e. The van der Waals surface area contributed by atoms with Gasteiger partial charge in [0, 0.05) is 35.8 Å². The summed E-state index contributed by atoms with van der Waals surface area (Å²) in [6.45, 7) is 3.88. The Bertz CT molecular complexity index is 795. The van der Waals surface area contributed by atoms with Gasteiger partial charge in [0.1, 0.15) is 5.65 Å². The summed E-state index contributed by atoms with van der Waals surface area (Å²) in [6.07, 6.45) is 5.38. The lowest BCUT2D eigenvalue weighted by molar-refractivity contribution is 0.229. The number of aromatic amines is 1. The van der Waals surface area contributed by atoms with Gasteiger partial charge in [-0.05, 0) is 45.6 Å². The van der Waals surface area contributed by atoms with Crippen LogP contribution in [0.4, 0.5) is 10.7 Å². The first-order valence-corrected chi connectivity index (χ1v) is 8.69. The molecule has 2 aromatic heterocycles. The highest BCUT2D eigenvalue weighted by molar-refractivity contribution is 5.74. The third kappa shape index (κ3) is 4.68. The molecule has 0 saturated heterocycles. The number of aromatic nitrogens is 3. The zero-order valence-electron chi connectivity index (χ0n) is 14.5. The Morgan fingerprint density at radius 3 is 2.64 bits per heavy atom. The maximum Gasteiger partial charge on any atom is 0.315 e. The van der Waals surface area contributed by atoms with Gasteiger partial charge in [-0.15, -0.1) is 0 Å². The number of nitrogens with one attached hydrogen (secondary N) is 4. The molecule has 0 aromatic carbocycles. The van der Waals surface area contributed by atoms with Crippen LogP contribution in [0.25, 0.3) is 11.0 Å². The Morgan fingerprint density at radius 2 is 1.92 bits per heavy atom. The largest absolute Gasteiger partial charge is 0.351 e. The number of amides is 2. The number of urea groups is 1. The van der Waals surface area contributed by atoms with Crippen LogP contribution in [0.1, 0.15) is 39.5 Å². The molecule has 3 rings (SSSR count). The Hall–Kier alpha value is -2.64. The van der Waals surface area contributed by atoms with Gasteiger partial charge in [0.15, 0.2) is 0 Å². The molecule has 2 heterocycles. The van der Waals surface area contributed by atoms with Crippen LogP contribution in [0, 0.1) is 0 Å². The van der Waals surface area contributed by atoms with Crippen molar-refractivity contribution in [3.8, 4) is 0 Å². The number of anilines is 1. The summed E-state index contributed by atoms with van der Waals surface area (Å²) in [5.74, 6) is 0.517. The first-order chi connectivity index (χ1) is 12.0. The van der Waals surface area contributed by atoms with Gasteiger partial charge in [0.2, 0.25) is 11.5 Å². The summed E-state index contributed by atoms with van der Waals surface area (Å²) in [7, 11) is 0. The van der Waals surface area contributed by atoms with Crippen molar-refractivity contribution in [2.75, 3.05) is 5.32 Å². The predicted molar refractivity (Wildman–Crippen MR) is 96.6 cm³/mol. The third-order valence-electron chi connectivity index (χ3n) is 4.29. The molecule has 0 aliphatic heterocycles. The molecule has 0 radical (unpaired) electrons. The summed E-state index contributed by atoms with van der Waals surface area (Å²) < 4.78 is 0. The van der Waals surface area contributed by atoms with Crippen LogP contribution in [0.3, 0.4) is 0 Å². The average molecular weight is 344 g/mol. The van der Waals surface area contributed by atoms with Crippen molar-refractivity contribution in [3.63, 3.8) is 0 Å². The number of pyridine rings is 1. The van der Waals surface area contributed by atoms with E-state index < -0.39 is 0 Å². The van der Waals surface area contributed by atoms with Crippen molar-refractivity contribution in [2.24, 2.45) is 0 Å². The van der Waals surface area contributed by atoms with Gasteiger partial charge in [0.05, 0.1) is 0 Å². The lowest BCUT2D eigenvalue weighted by atomic mass is 9.91. The van der Waals surface area contributed by atoms with Crippen molar-refractivity contribution in [3.05, 3.63) is 28.7 Å². The molecule has 8 nitrogen and oxygen atoms in total. The predicted octanol–water partition coefficient (Wildman–Crippen LogP) is 1.75. The van der Waals surface area contributed by atoms with E-state index in [1.165, 1.54) is 6.07 Å². The van der Waals surface area contributed by atoms with E-state index >= 15 is 0 Å². The second-order valence-corrected chi connectivity index (χ2v) is 6.79. The van der Waals surface area contributed by atoms with E-state index in [1.54, 1.807) is 12.3 Å². The van der Waals surface area contributed by atoms with Gasteiger partial charge in [-0.25, -0.2) is 9.78 Å². The lowest BCUT2D eigenvalue weighted by Crippen LogP contribution is -2.46. The first-order valence-electron chi connectivity index (χ1n) is 8.69. The van der Waals surface area contributed by atoms with E-state index in [0.29, 0.717) is 11.6 Å². The van der Waals surface area contributed by atoms with E-state index in [2.05, 4.69) is 30.9 Å². The van der Waals surface area contributed by atoms with Crippen LogP contribution >= 0.6 is 0 Å². The SMILES string of the molecule is CC(C)NC(=O)N[C@H]1CC[C@H](Nc2ncc3ccc(=O)[nH]c3n2)CC1. The van der Waals surface area contributed by atoms with Gasteiger partial charge in [-0.3, -0.25) is 4.79 Å². The van der Waals surface area contributed by atoms with Crippen LogP contribution in [0.5, 0.6) is 0 Å². The lowest BCUT2D eigenvalue weighted by Gasteiger charge is -2.29. The molecule has 0 bridgehead atoms. The fourth-order valence-corrected chi connectivity index (χ4v) is 3.06. The monoisotopic (exact) mass is 344 g/mol. The number of carbonyl (C=O) groups excluding carboxylic acids is 1. The van der Waals surface area contributed by atoms with Crippen molar-refractivity contribution < 1.29 is 4.79 Å². The number of nitrogens with zero attached hydrogens (tertiary/aromatic N) is 2. The molecule has 25 heavy (non-hydrogen) atoms. The summed E-state index contributed by atoms with van der Waals surface area (Å²) >= 11 is 0. The number of fused-ring (bicyclic) bond motifs is 1. The Kier molecular flexibility index (Phi) is 5.16. The number of rotatable bonds is 4. The zero-order valence-corrected chi connectivity index (χ0v) is 14.5. The molecule has 4 N–H and O–H groups in total. The topological polar surface area (TPSA) is 112 Å². The van der Waals surface area contributed by atoms with Crippen LogP contribution in [-0.4, -0.2) is 39.1 Å². The molecular weight excluding hydrogens is 320 g/mol. The Morgan fingerprint density at radius 1 is 1.20 bits per heavy atom. The van der Waals surface area contributed by atoms with Crippen molar-refractivity contribution >= 4 is 23.0 Å². The number of carbonyl (C=O) groups is 1. The fourth-order valence-electron chi connectivity index (χ4n) is 3.06. The van der Waals surface area contributed by atoms with Gasteiger partial charge in [-0.2, -0.15) is 4.98 Å². The van der Waals surface area contributed by atoms with Crippen LogP contribution in [0.15, 0.2) is 23.1 Å².